The molecule has 1 saturated heterocycles. The molecular weight excluding hydrogens is 366 g/mol. The van der Waals surface area contributed by atoms with Crippen LogP contribution in [0.4, 0.5) is 10.5 Å². The maximum absolute atomic E-state index is 12.5. The Hall–Kier alpha value is -1.02. The van der Waals surface area contributed by atoms with Crippen molar-refractivity contribution in [2.45, 2.75) is 38.6 Å². The van der Waals surface area contributed by atoms with Crippen molar-refractivity contribution < 1.29 is 10.0 Å². The molecule has 1 aliphatic rings. The van der Waals surface area contributed by atoms with E-state index < -0.39 is 16.9 Å². The topological polar surface area (TPSA) is 55.8 Å². The smallest absolute Gasteiger partial charge is 0.333 e. The fourth-order valence-electron chi connectivity index (χ4n) is 2.63. The van der Waals surface area contributed by atoms with E-state index in [0.29, 0.717) is 27.5 Å². The summed E-state index contributed by atoms with van der Waals surface area (Å²) in [5.74, 6) is 0.354. The molecular formula is C16H22ClN3O2S2. The van der Waals surface area contributed by atoms with E-state index in [2.05, 4.69) is 19.2 Å². The first kappa shape index (κ1) is 19.3. The molecule has 0 bridgehead atoms. The van der Waals surface area contributed by atoms with Gasteiger partial charge >= 0.3 is 6.03 Å². The van der Waals surface area contributed by atoms with Crippen LogP contribution in [-0.4, -0.2) is 43.0 Å². The normalized spacial score (nSPS) is 19.7. The predicted molar refractivity (Wildman–Crippen MR) is 104 cm³/mol. The maximum Gasteiger partial charge on any atom is 0.347 e. The van der Waals surface area contributed by atoms with Crippen LogP contribution in [0.3, 0.4) is 0 Å². The van der Waals surface area contributed by atoms with Gasteiger partial charge in [-0.1, -0.05) is 49.4 Å². The number of hydroxylamine groups is 2. The molecule has 132 valence electrons. The van der Waals surface area contributed by atoms with Gasteiger partial charge in [0.05, 0.1) is 4.75 Å². The second-order valence-corrected chi connectivity index (χ2v) is 9.40. The van der Waals surface area contributed by atoms with Crippen LogP contribution >= 0.6 is 35.6 Å². The van der Waals surface area contributed by atoms with E-state index in [1.54, 1.807) is 24.3 Å². The number of amides is 2. The van der Waals surface area contributed by atoms with Crippen LogP contribution in [0.15, 0.2) is 24.3 Å². The average molecular weight is 388 g/mol. The number of nitrogens with one attached hydrogen (secondary N) is 1. The summed E-state index contributed by atoms with van der Waals surface area (Å²) < 4.78 is 0.273. The molecule has 0 saturated carbocycles. The molecule has 0 spiro atoms. The largest absolute Gasteiger partial charge is 0.347 e. The minimum atomic E-state index is -0.602. The summed E-state index contributed by atoms with van der Waals surface area (Å²) in [6, 6.07) is 6.11. The number of halogens is 1. The van der Waals surface area contributed by atoms with Crippen LogP contribution in [0, 0.1) is 5.92 Å². The average Bonchev–Trinajstić information content (AvgIpc) is 2.69. The Morgan fingerprint density at radius 3 is 2.58 bits per heavy atom. The van der Waals surface area contributed by atoms with Crippen molar-refractivity contribution in [1.29, 1.82) is 0 Å². The number of benzene rings is 1. The quantitative estimate of drug-likeness (QED) is 0.447. The van der Waals surface area contributed by atoms with Crippen molar-refractivity contribution in [3.63, 3.8) is 0 Å². The van der Waals surface area contributed by atoms with E-state index in [1.165, 1.54) is 11.8 Å². The van der Waals surface area contributed by atoms with Gasteiger partial charge in [0.2, 0.25) is 0 Å². The third kappa shape index (κ3) is 4.33. The van der Waals surface area contributed by atoms with E-state index in [1.807, 2.05) is 18.7 Å². The predicted octanol–water partition coefficient (Wildman–Crippen LogP) is 4.66. The van der Waals surface area contributed by atoms with Crippen molar-refractivity contribution in [2.75, 3.05) is 11.9 Å². The highest BCUT2D eigenvalue weighted by Gasteiger charge is 2.49. The molecule has 5 nitrogen and oxygen atoms in total. The van der Waals surface area contributed by atoms with E-state index in [4.69, 9.17) is 23.8 Å². The molecule has 2 N–H and O–H groups in total. The first-order chi connectivity index (χ1) is 11.1. The van der Waals surface area contributed by atoms with Gasteiger partial charge in [-0.3, -0.25) is 5.21 Å². The zero-order valence-corrected chi connectivity index (χ0v) is 16.5. The summed E-state index contributed by atoms with van der Waals surface area (Å²) >= 11 is 12.8. The van der Waals surface area contributed by atoms with Crippen LogP contribution in [0.5, 0.6) is 0 Å². The Balaban J connectivity index is 2.17. The van der Waals surface area contributed by atoms with Gasteiger partial charge in [-0.2, -0.15) is 5.06 Å². The third-order valence-electron chi connectivity index (χ3n) is 3.60. The number of anilines is 1. The van der Waals surface area contributed by atoms with Crippen molar-refractivity contribution >= 4 is 51.6 Å². The molecule has 1 aliphatic heterocycles. The third-order valence-corrected chi connectivity index (χ3v) is 5.48. The van der Waals surface area contributed by atoms with E-state index >= 15 is 0 Å². The van der Waals surface area contributed by atoms with E-state index in [9.17, 15) is 10.0 Å². The number of nitrogens with zero attached hydrogens (tertiary/aromatic N) is 2. The Labute approximate surface area is 157 Å². The second kappa shape index (κ2) is 7.47. The first-order valence-electron chi connectivity index (χ1n) is 7.66. The highest BCUT2D eigenvalue weighted by Crippen LogP contribution is 2.42. The Morgan fingerprint density at radius 2 is 2.04 bits per heavy atom. The van der Waals surface area contributed by atoms with Gasteiger partial charge in [0, 0.05) is 17.3 Å². The Morgan fingerprint density at radius 1 is 1.46 bits per heavy atom. The molecule has 8 heteroatoms. The first-order valence-corrected chi connectivity index (χ1v) is 9.26. The van der Waals surface area contributed by atoms with Gasteiger partial charge in [0.25, 0.3) is 0 Å². The molecule has 1 fully saturated rings. The van der Waals surface area contributed by atoms with Crippen LogP contribution in [0.25, 0.3) is 0 Å². The van der Waals surface area contributed by atoms with Crippen LogP contribution in [-0.2, 0) is 0 Å². The molecule has 2 rings (SSSR count). The number of hydrogen-bond donors (Lipinski definition) is 2. The van der Waals surface area contributed by atoms with Gasteiger partial charge in [-0.25, -0.2) is 4.79 Å². The highest BCUT2D eigenvalue weighted by atomic mass is 35.5. The van der Waals surface area contributed by atoms with E-state index in [0.717, 1.165) is 5.06 Å². The monoisotopic (exact) mass is 387 g/mol. The summed E-state index contributed by atoms with van der Waals surface area (Å²) in [6.45, 7) is 8.75. The van der Waals surface area contributed by atoms with Gasteiger partial charge in [-0.05, 0) is 44.0 Å². The number of hydrogen-bond acceptors (Lipinski definition) is 4. The van der Waals surface area contributed by atoms with Crippen molar-refractivity contribution in [1.82, 2.24) is 9.96 Å². The lowest BCUT2D eigenvalue weighted by Crippen LogP contribution is -2.56. The number of carbonyl (C=O) groups is 1. The Bertz CT molecular complexity index is 622. The van der Waals surface area contributed by atoms with Crippen LogP contribution < -0.4 is 5.32 Å². The molecule has 0 aromatic heterocycles. The highest BCUT2D eigenvalue weighted by molar-refractivity contribution is 8.24. The number of carbonyl (C=O) groups excluding carboxylic acids is 1. The molecule has 0 aliphatic carbocycles. The van der Waals surface area contributed by atoms with Gasteiger partial charge < -0.3 is 10.2 Å². The van der Waals surface area contributed by atoms with Crippen molar-refractivity contribution in [3.8, 4) is 0 Å². The molecule has 24 heavy (non-hydrogen) atoms. The second-order valence-electron chi connectivity index (χ2n) is 6.67. The van der Waals surface area contributed by atoms with Gasteiger partial charge in [0.1, 0.15) is 10.5 Å². The fourth-order valence-corrected chi connectivity index (χ4v) is 4.65. The van der Waals surface area contributed by atoms with Gasteiger partial charge in [0.15, 0.2) is 0 Å². The summed E-state index contributed by atoms with van der Waals surface area (Å²) in [4.78, 5) is 14.4. The number of thiocarbonyl (C=S) groups is 1. The van der Waals surface area contributed by atoms with Crippen molar-refractivity contribution in [3.05, 3.63) is 29.3 Å². The Kier molecular flexibility index (Phi) is 6.01. The minimum absolute atomic E-state index is 0.354. The van der Waals surface area contributed by atoms with Crippen molar-refractivity contribution in [2.24, 2.45) is 5.92 Å². The molecule has 1 aromatic rings. The summed E-state index contributed by atoms with van der Waals surface area (Å²) in [5, 5.41) is 14.5. The minimum Gasteiger partial charge on any atom is -0.333 e. The summed E-state index contributed by atoms with van der Waals surface area (Å²) in [5.41, 5.74) is 0.560. The molecule has 1 aromatic carbocycles. The van der Waals surface area contributed by atoms with E-state index in [-0.39, 0.29) is 0 Å². The van der Waals surface area contributed by atoms with Crippen LogP contribution in [0.1, 0.15) is 27.7 Å². The molecule has 0 radical (unpaired) electrons. The molecule has 1 heterocycles. The number of urea groups is 1. The van der Waals surface area contributed by atoms with Crippen LogP contribution in [0.2, 0.25) is 5.02 Å². The molecule has 2 amide bonds. The molecule has 1 atom stereocenters. The summed E-state index contributed by atoms with van der Waals surface area (Å²) in [7, 11) is 0. The zero-order valence-electron chi connectivity index (χ0n) is 14.1. The van der Waals surface area contributed by atoms with Gasteiger partial charge in [-0.15, -0.1) is 0 Å². The number of rotatable bonds is 4. The zero-order chi connectivity index (χ0) is 18.1. The lowest BCUT2D eigenvalue weighted by molar-refractivity contribution is -0.115. The maximum atomic E-state index is 12.5. The fraction of sp³-hybridized carbons (Fsp3) is 0.500. The lowest BCUT2D eigenvalue weighted by Gasteiger charge is -2.37. The standard InChI is InChI=1S/C16H22ClN3O2S2/c1-10(2)9-19-13(16(3,4)24-15(19)23)20(22)14(21)18-12-7-5-11(17)6-8-12/h5-8,10,13,22H,9H2,1-4H3,(H,18,21). The lowest BCUT2D eigenvalue weighted by atomic mass is 10.1. The number of thioether (sulfide) groups is 1. The molecule has 1 unspecified atom stereocenters. The summed E-state index contributed by atoms with van der Waals surface area (Å²) in [6.07, 6.45) is -0.537. The SMILES string of the molecule is CC(C)CN1C(=S)SC(C)(C)C1N(O)C(=O)Nc1ccc(Cl)cc1.